The predicted octanol–water partition coefficient (Wildman–Crippen LogP) is 8.28. The fourth-order valence-corrected chi connectivity index (χ4v) is 27.2. The molecule has 11 aromatic rings. The van der Waals surface area contributed by atoms with Crippen LogP contribution in [0, 0.1) is 12.8 Å². The number of ether oxygens (including phenoxy) is 6. The van der Waals surface area contributed by atoms with Crippen LogP contribution in [0.15, 0.2) is 182 Å². The molecule has 136 heavy (non-hydrogen) atoms. The van der Waals surface area contributed by atoms with Crippen LogP contribution in [0.25, 0.3) is 44.7 Å². The topological polar surface area (TPSA) is 534 Å². The summed E-state index contributed by atoms with van der Waals surface area (Å²) < 4.78 is 105. The molecule has 19 heterocycles. The number of carbonyl (C=O) groups is 2. The van der Waals surface area contributed by atoms with Crippen LogP contribution >= 0.6 is 33.2 Å². The molecule has 1 amide bonds. The van der Waals surface area contributed by atoms with Gasteiger partial charge in [0.05, 0.1) is 87.4 Å². The Morgan fingerprint density at radius 1 is 0.493 bits per heavy atom. The predicted molar refractivity (Wildman–Crippen MR) is 516 cm³/mol. The molecule has 55 heteroatoms. The quantitative estimate of drug-likeness (QED) is 0.0339. The number of nitrogens with two attached hydrogens (primary N) is 3. The summed E-state index contributed by atoms with van der Waals surface area (Å²) >= 11 is 27.8. The van der Waals surface area contributed by atoms with Gasteiger partial charge in [-0.3, -0.25) is 32.7 Å². The van der Waals surface area contributed by atoms with Crippen molar-refractivity contribution in [2.75, 3.05) is 93.7 Å². The van der Waals surface area contributed by atoms with Gasteiger partial charge >= 0.3 is 5.97 Å². The van der Waals surface area contributed by atoms with Gasteiger partial charge in [0.25, 0.3) is 44.7 Å². The standard InChI is InChI=1S/C21H24N5O5PS.C17H18N5O4PS.C17H20N3O4PS.C13H18N5O5PS.C13H18N5O4PS/c1-12(2)21(27)30-18-17-15(10-28-32(33,31-17)25-13-6-4-3-5-7-13)29-20(18)26-11-24-16-14(22)8-9-23-19(16)26;18-11-6-7-19-16-13(11)20-9-22(16)17-14(23)15-12(25-17)8-24-27(28,26-15)21-10-4-2-1-3-5-10;1-11-9-20(12(2)18-17(11)21)16-8-14-15(23-16)10-22-25(26,24-14)19-13-6-4-3-5-7-13;1-6-15-11-8(12(20)16-6)14-5-18(11)13-9(19)10-7(22-13)4-21-24(25,23-10)17(2)3;1-17(2)23(24)20-5-8-11(22-23)10(19)13(21-8)18-6-16-9-7(14)3-4-15-12(9)18/h3-9,11-12,15,17-18,20H,10H2,1-2H3,(H2,22,23)(H,25,33);1-7,9,12,14-15,17,23H,8H2,(H2,18,19)(H,21,28);3-7,9,14-16H,2,8,10H2,1H3,(H,18,21)(H,19,26);5,7,9-10,13,19H,4H2,1-3H3,(H,15,16,20);3-4,6,8,10-11,13,19H,5H2,1-2H3,(H2,14,15)/t15-,17?,18?,20-,32?;12-,14?,15?,17-,27?;14?,15-,16-,25?;7-,9?,10?,13-,24?;8-,10?,11?,13-,23?/m11111/s1. The number of hydrogen-bond donors (Lipinski definition) is 11. The zero-order valence-electron chi connectivity index (χ0n) is 73.8. The minimum Gasteiger partial charge on any atom is -0.454 e. The van der Waals surface area contributed by atoms with E-state index in [0.717, 1.165) is 17.1 Å². The van der Waals surface area contributed by atoms with E-state index < -0.39 is 131 Å². The van der Waals surface area contributed by atoms with Crippen LogP contribution in [0.2, 0.25) is 0 Å². The molecule has 0 radical (unpaired) electrons. The Bertz CT molecular complexity index is 6660. The van der Waals surface area contributed by atoms with Crippen molar-refractivity contribution in [3.05, 3.63) is 193 Å². The van der Waals surface area contributed by atoms with E-state index in [0.29, 0.717) is 86.4 Å². The molecule has 10 saturated heterocycles. The third kappa shape index (κ3) is 20.0. The van der Waals surface area contributed by atoms with Gasteiger partial charge in [0.15, 0.2) is 59.1 Å². The molecule has 0 spiro atoms. The molecule has 10 fully saturated rings. The van der Waals surface area contributed by atoms with Crippen LogP contribution in [-0.4, -0.2) is 257 Å². The zero-order chi connectivity index (χ0) is 95.8. The Morgan fingerprint density at radius 2 is 0.868 bits per heavy atom. The van der Waals surface area contributed by atoms with Crippen molar-refractivity contribution in [2.45, 2.75) is 151 Å². The second kappa shape index (κ2) is 39.8. The van der Waals surface area contributed by atoms with Crippen LogP contribution in [-0.2, 0) is 142 Å². The highest BCUT2D eigenvalue weighted by molar-refractivity contribution is 8.11. The molecule has 0 bridgehead atoms. The highest BCUT2D eigenvalue weighted by atomic mass is 32.5. The van der Waals surface area contributed by atoms with Gasteiger partial charge in [-0.2, -0.15) is 0 Å². The van der Waals surface area contributed by atoms with Crippen LogP contribution in [0.3, 0.4) is 0 Å². The van der Waals surface area contributed by atoms with Crippen molar-refractivity contribution < 1.29 is 98.6 Å². The number of carbonyl (C=O) groups excluding carboxylic acids is 2. The summed E-state index contributed by atoms with van der Waals surface area (Å²) in [5.74, 6) is 0.0940. The fraction of sp³-hybridized carbons (Fsp3) is 0.420. The number of pyridine rings is 3. The number of H-pyrrole nitrogens is 1. The number of esters is 1. The SMILES string of the molecule is C=C1NC(=O)C(C)=CN1[C@H]1CC2OP(=S)(Nc3ccccc3)OC[C@H]2O1.CC(C)C(=O)OC1C2OP(=S)(Nc3ccccc3)OC[C@H]2O[C@H]1n1cnc2c(N)ccnc21.CN(C)P1(=S)OC[C@H]2O[C@@H](n3cnc4c(N)ccnc43)C(O)C2O1.Cc1nc2c(ncn2[C@@H]2O[C@@H]3COP(=S)(N(C)C)OC3C2O)c(=O)[nH]1.Nc1ccnc2c1ncn2[C@@H]1O[C@@H]2COP(=S)(Nc3ccccc3)OC2C1O. The summed E-state index contributed by atoms with van der Waals surface area (Å²) in [6, 6.07) is 33.6. The van der Waals surface area contributed by atoms with Gasteiger partial charge < -0.3 is 137 Å². The van der Waals surface area contributed by atoms with Crippen LogP contribution in [0.5, 0.6) is 0 Å². The maximum absolute atomic E-state index is 12.6. The molecule has 24 atom stereocenters. The first-order valence-electron chi connectivity index (χ1n) is 42.7. The molecule has 0 saturated carbocycles. The average Bonchev–Trinajstić information content (AvgIpc) is 1.63. The van der Waals surface area contributed by atoms with Crippen molar-refractivity contribution in [1.82, 2.24) is 82.7 Å². The van der Waals surface area contributed by atoms with Gasteiger partial charge in [-0.15, -0.1) is 0 Å². The summed E-state index contributed by atoms with van der Waals surface area (Å²) in [6.07, 6.45) is 1.77. The number of anilines is 6. The Balaban J connectivity index is 0.000000114. The minimum atomic E-state index is -2.92. The van der Waals surface area contributed by atoms with Crippen molar-refractivity contribution in [2.24, 2.45) is 5.92 Å². The summed E-state index contributed by atoms with van der Waals surface area (Å²) in [5.41, 5.74) is 25.9. The zero-order valence-corrected chi connectivity index (χ0v) is 82.4. The van der Waals surface area contributed by atoms with Gasteiger partial charge in [0.1, 0.15) is 108 Å². The number of hydrogen-bond acceptors (Lipinski definition) is 39. The van der Waals surface area contributed by atoms with E-state index >= 15 is 0 Å². The van der Waals surface area contributed by atoms with E-state index in [1.54, 1.807) is 145 Å². The second-order valence-electron chi connectivity index (χ2n) is 33.4. The highest BCUT2D eigenvalue weighted by Gasteiger charge is 2.58. The summed E-state index contributed by atoms with van der Waals surface area (Å²) in [6.45, 7) is -1.44. The van der Waals surface area contributed by atoms with E-state index in [1.165, 1.54) is 6.33 Å². The summed E-state index contributed by atoms with van der Waals surface area (Å²) in [7, 11) is 7.17. The number of imidazole rings is 4. The third-order valence-electron chi connectivity index (χ3n) is 23.2. The molecule has 45 nitrogen and oxygen atoms in total. The first kappa shape index (κ1) is 97.6. The maximum atomic E-state index is 12.6. The van der Waals surface area contributed by atoms with Gasteiger partial charge in [-0.05, 0) is 156 Å². The number of nitrogens with zero attached hydrogens (tertiary/aromatic N) is 15. The largest absolute Gasteiger partial charge is 0.454 e. The van der Waals surface area contributed by atoms with Gasteiger partial charge in [0, 0.05) is 53.8 Å². The van der Waals surface area contributed by atoms with E-state index in [1.807, 2.05) is 95.9 Å². The van der Waals surface area contributed by atoms with Gasteiger partial charge in [-0.25, -0.2) is 49.2 Å². The number of aliphatic hydroxyl groups excluding tert-OH is 3. The smallest absolute Gasteiger partial charge is 0.308 e. The molecule has 11 aliphatic rings. The number of fused-ring (bicyclic) bond motifs is 9. The molecular formula is C81H98N23O22P5S5. The van der Waals surface area contributed by atoms with Crippen LogP contribution < -0.4 is 43.3 Å². The van der Waals surface area contributed by atoms with E-state index in [2.05, 4.69) is 72.0 Å². The summed E-state index contributed by atoms with van der Waals surface area (Å²) in [5, 5.41) is 44.7. The Morgan fingerprint density at radius 3 is 1.30 bits per heavy atom. The number of nitrogen functional groups attached to an aromatic ring is 3. The number of aryl methyl sites for hydroxylation is 1. The Labute approximate surface area is 802 Å². The number of aromatic amines is 1. The number of nitrogens with one attached hydrogen (secondary N) is 5. The molecular weight excluding hydrogens is 1960 g/mol. The molecule has 724 valence electrons. The minimum absolute atomic E-state index is 0.149. The van der Waals surface area contributed by atoms with Crippen LogP contribution in [0.1, 0.15) is 57.9 Å². The highest BCUT2D eigenvalue weighted by Crippen LogP contribution is 2.62. The lowest BCUT2D eigenvalue weighted by Gasteiger charge is -2.37. The van der Waals surface area contributed by atoms with Crippen molar-refractivity contribution in [1.29, 1.82) is 0 Å². The monoisotopic (exact) mass is 2060 g/mol. The van der Waals surface area contributed by atoms with E-state index in [4.69, 9.17) is 150 Å². The average molecular weight is 2060 g/mol. The first-order valence-corrected chi connectivity index (χ1v) is 55.8. The Hall–Kier alpha value is -8.66. The van der Waals surface area contributed by atoms with E-state index in [9.17, 15) is 29.7 Å². The molecule has 11 aliphatic heterocycles. The number of benzene rings is 3. The summed E-state index contributed by atoms with van der Waals surface area (Å²) in [4.78, 5) is 75.0. The Kier molecular flexibility index (Phi) is 28.5. The second-order valence-corrected chi connectivity index (χ2v) is 50.0. The lowest BCUT2D eigenvalue weighted by atomic mass is 10.1. The molecule has 0 aliphatic carbocycles. The number of amides is 1. The van der Waals surface area contributed by atoms with Crippen LogP contribution in [0.4, 0.5) is 34.1 Å². The number of rotatable bonds is 15. The molecule has 14 unspecified atom stereocenters. The lowest BCUT2D eigenvalue weighted by Crippen LogP contribution is -2.42. The van der Waals surface area contributed by atoms with Gasteiger partial charge in [-0.1, -0.05) is 75.0 Å². The molecule has 8 aromatic heterocycles. The normalized spacial score (nSPS) is 33.2. The molecule has 14 N–H and O–H groups in total. The van der Waals surface area contributed by atoms with Crippen molar-refractivity contribution in [3.8, 4) is 0 Å². The maximum Gasteiger partial charge on any atom is 0.308 e. The first-order chi connectivity index (χ1) is 65.0. The molecule has 3 aromatic carbocycles. The number of para-hydroxylation sites is 3. The third-order valence-corrected chi connectivity index (χ3v) is 37.5. The van der Waals surface area contributed by atoms with Crippen molar-refractivity contribution >= 4 is 183 Å². The van der Waals surface area contributed by atoms with Gasteiger partial charge in [0.2, 0.25) is 0 Å². The number of aromatic nitrogens is 13. The lowest BCUT2D eigenvalue weighted by molar-refractivity contribution is -0.161. The van der Waals surface area contributed by atoms with Crippen molar-refractivity contribution in [3.63, 3.8) is 0 Å². The van der Waals surface area contributed by atoms with E-state index in [-0.39, 0.29) is 73.7 Å². The molecule has 22 rings (SSSR count). The number of aliphatic hydroxyl groups is 3. The fourth-order valence-electron chi connectivity index (χ4n) is 16.3.